The summed E-state index contributed by atoms with van der Waals surface area (Å²) in [5.41, 5.74) is 2.96. The fourth-order valence-electron chi connectivity index (χ4n) is 3.34. The van der Waals surface area contributed by atoms with Crippen LogP contribution in [0.5, 0.6) is 0 Å². The molecule has 154 valence electrons. The van der Waals surface area contributed by atoms with Gasteiger partial charge in [0, 0.05) is 18.5 Å². The van der Waals surface area contributed by atoms with E-state index in [-0.39, 0.29) is 22.8 Å². The zero-order valence-corrected chi connectivity index (χ0v) is 16.1. The van der Waals surface area contributed by atoms with Crippen molar-refractivity contribution in [2.24, 2.45) is 0 Å². The lowest BCUT2D eigenvalue weighted by Gasteiger charge is -2.10. The summed E-state index contributed by atoms with van der Waals surface area (Å²) in [5.74, 6) is -1.41. The Bertz CT molecular complexity index is 1450. The number of carbonyl (C=O) groups excluding carboxylic acids is 2. The summed E-state index contributed by atoms with van der Waals surface area (Å²) in [6, 6.07) is 4.34. The number of hydrogen-bond donors (Lipinski definition) is 4. The van der Waals surface area contributed by atoms with Crippen molar-refractivity contribution < 1.29 is 14.0 Å². The van der Waals surface area contributed by atoms with Gasteiger partial charge in [0.15, 0.2) is 11.5 Å². The number of hydrogen-bond acceptors (Lipinski definition) is 5. The van der Waals surface area contributed by atoms with Crippen molar-refractivity contribution in [1.29, 1.82) is 0 Å². The van der Waals surface area contributed by atoms with Gasteiger partial charge in [-0.05, 0) is 19.1 Å². The van der Waals surface area contributed by atoms with Crippen molar-refractivity contribution in [3.63, 3.8) is 0 Å². The molecule has 11 heteroatoms. The molecule has 31 heavy (non-hydrogen) atoms. The predicted molar refractivity (Wildman–Crippen MR) is 110 cm³/mol. The summed E-state index contributed by atoms with van der Waals surface area (Å²) in [6.45, 7) is 1.76. The number of amides is 2. The molecular weight excluding hydrogens is 403 g/mol. The lowest BCUT2D eigenvalue weighted by Crippen LogP contribution is -2.15. The second-order valence-electron chi connectivity index (χ2n) is 6.85. The smallest absolute Gasteiger partial charge is 0.273 e. The van der Waals surface area contributed by atoms with Crippen LogP contribution in [0.1, 0.15) is 26.5 Å². The molecule has 0 fully saturated rings. The first-order valence-electron chi connectivity index (χ1n) is 9.21. The third-order valence-electron chi connectivity index (χ3n) is 4.70. The number of H-pyrrole nitrogens is 2. The number of aromatic nitrogens is 6. The first-order chi connectivity index (χ1) is 15.0. The molecule has 0 radical (unpaired) electrons. The van der Waals surface area contributed by atoms with Crippen LogP contribution in [0.2, 0.25) is 0 Å². The predicted octanol–water partition coefficient (Wildman–Crippen LogP) is 2.89. The van der Waals surface area contributed by atoms with Gasteiger partial charge in [0.2, 0.25) is 0 Å². The van der Waals surface area contributed by atoms with Gasteiger partial charge in [-0.1, -0.05) is 0 Å². The first kappa shape index (κ1) is 18.5. The number of nitrogens with zero attached hydrogens (tertiary/aromatic N) is 4. The summed E-state index contributed by atoms with van der Waals surface area (Å²) in [7, 11) is 0. The maximum atomic E-state index is 14.3. The third kappa shape index (κ3) is 3.27. The Morgan fingerprint density at radius 1 is 1.10 bits per heavy atom. The fourth-order valence-corrected chi connectivity index (χ4v) is 3.34. The van der Waals surface area contributed by atoms with Gasteiger partial charge in [-0.15, -0.1) is 0 Å². The Kier molecular flexibility index (Phi) is 4.21. The Hall–Kier alpha value is -4.54. The molecule has 0 aliphatic heterocycles. The SMILES string of the molecule is Cc1cn2cc(NC(=O)c3ccc(NC(=O)c4cnc[nH]4)c4[nH]cnc34)cc(F)c2n1. The van der Waals surface area contributed by atoms with Gasteiger partial charge in [0.1, 0.15) is 11.2 Å². The average Bonchev–Trinajstić information content (AvgIpc) is 3.48. The Morgan fingerprint density at radius 3 is 2.77 bits per heavy atom. The van der Waals surface area contributed by atoms with Gasteiger partial charge < -0.3 is 25.0 Å². The molecule has 0 atom stereocenters. The van der Waals surface area contributed by atoms with Crippen LogP contribution in [0.4, 0.5) is 15.8 Å². The number of imidazole rings is 3. The lowest BCUT2D eigenvalue weighted by atomic mass is 10.1. The van der Waals surface area contributed by atoms with Crippen molar-refractivity contribution in [3.8, 4) is 0 Å². The average molecular weight is 418 g/mol. The van der Waals surface area contributed by atoms with Crippen LogP contribution >= 0.6 is 0 Å². The van der Waals surface area contributed by atoms with Gasteiger partial charge in [-0.2, -0.15) is 0 Å². The normalized spacial score (nSPS) is 11.2. The van der Waals surface area contributed by atoms with E-state index in [0.717, 1.165) is 0 Å². The third-order valence-corrected chi connectivity index (χ3v) is 4.70. The van der Waals surface area contributed by atoms with Crippen LogP contribution in [-0.4, -0.2) is 41.1 Å². The Balaban J connectivity index is 1.45. The molecule has 10 nitrogen and oxygen atoms in total. The van der Waals surface area contributed by atoms with Crippen LogP contribution in [0.25, 0.3) is 16.7 Å². The zero-order valence-electron chi connectivity index (χ0n) is 16.1. The van der Waals surface area contributed by atoms with Gasteiger partial charge in [0.05, 0.1) is 47.0 Å². The second-order valence-corrected chi connectivity index (χ2v) is 6.85. The van der Waals surface area contributed by atoms with Crippen LogP contribution in [0.3, 0.4) is 0 Å². The van der Waals surface area contributed by atoms with E-state index in [0.29, 0.717) is 28.1 Å². The molecule has 0 spiro atoms. The summed E-state index contributed by atoms with van der Waals surface area (Å²) in [5, 5.41) is 5.43. The number of halogens is 1. The molecule has 2 amide bonds. The van der Waals surface area contributed by atoms with E-state index >= 15 is 0 Å². The maximum absolute atomic E-state index is 14.3. The van der Waals surface area contributed by atoms with E-state index < -0.39 is 11.7 Å². The highest BCUT2D eigenvalue weighted by Crippen LogP contribution is 2.25. The number of carbonyl (C=O) groups is 2. The largest absolute Gasteiger partial charge is 0.343 e. The second kappa shape index (κ2) is 7.06. The van der Waals surface area contributed by atoms with Crippen molar-refractivity contribution in [3.05, 3.63) is 72.2 Å². The summed E-state index contributed by atoms with van der Waals surface area (Å²) >= 11 is 0. The van der Waals surface area contributed by atoms with E-state index in [1.807, 2.05) is 0 Å². The maximum Gasteiger partial charge on any atom is 0.273 e. The Morgan fingerprint density at radius 2 is 1.97 bits per heavy atom. The molecule has 5 aromatic rings. The monoisotopic (exact) mass is 418 g/mol. The summed E-state index contributed by atoms with van der Waals surface area (Å²) < 4.78 is 15.8. The number of aromatic amines is 2. The molecule has 0 aliphatic rings. The number of nitrogens with one attached hydrogen (secondary N) is 4. The Labute approximate surface area is 173 Å². The molecule has 0 unspecified atom stereocenters. The van der Waals surface area contributed by atoms with E-state index in [1.54, 1.807) is 25.4 Å². The standard InChI is InChI=1S/C20H15FN8O2/c1-10-6-29-7-11(4-13(21)18(29)26-10)27-19(30)12-2-3-14(17-16(12)24-9-25-17)28-20(31)15-5-22-8-23-15/h2-9H,1H3,(H,22,23)(H,24,25)(H,27,30)(H,28,31). The van der Waals surface area contributed by atoms with Crippen molar-refractivity contribution >= 4 is 39.9 Å². The quantitative estimate of drug-likeness (QED) is 0.356. The number of anilines is 2. The van der Waals surface area contributed by atoms with Crippen molar-refractivity contribution in [1.82, 2.24) is 29.3 Å². The molecular formula is C20H15FN8O2. The number of benzene rings is 1. The lowest BCUT2D eigenvalue weighted by molar-refractivity contribution is 0.101. The highest BCUT2D eigenvalue weighted by molar-refractivity contribution is 6.15. The summed E-state index contributed by atoms with van der Waals surface area (Å²) in [4.78, 5) is 43.0. The highest BCUT2D eigenvalue weighted by Gasteiger charge is 2.18. The van der Waals surface area contributed by atoms with E-state index in [2.05, 4.69) is 35.6 Å². The van der Waals surface area contributed by atoms with Crippen LogP contribution in [-0.2, 0) is 0 Å². The fraction of sp³-hybridized carbons (Fsp3) is 0.0500. The molecule has 0 saturated heterocycles. The van der Waals surface area contributed by atoms with Gasteiger partial charge in [-0.3, -0.25) is 9.59 Å². The van der Waals surface area contributed by atoms with Crippen LogP contribution in [0, 0.1) is 12.7 Å². The number of pyridine rings is 1. The minimum absolute atomic E-state index is 0.183. The first-order valence-corrected chi connectivity index (χ1v) is 9.21. The number of rotatable bonds is 4. The molecule has 0 bridgehead atoms. The van der Waals surface area contributed by atoms with Crippen LogP contribution in [0.15, 0.2) is 49.4 Å². The number of fused-ring (bicyclic) bond motifs is 2. The van der Waals surface area contributed by atoms with E-state index in [9.17, 15) is 14.0 Å². The summed E-state index contributed by atoms with van der Waals surface area (Å²) in [6.07, 6.45) is 7.47. The van der Waals surface area contributed by atoms with E-state index in [4.69, 9.17) is 0 Å². The minimum Gasteiger partial charge on any atom is -0.343 e. The zero-order chi connectivity index (χ0) is 21.5. The van der Waals surface area contributed by atoms with Gasteiger partial charge >= 0.3 is 0 Å². The van der Waals surface area contributed by atoms with Gasteiger partial charge in [-0.25, -0.2) is 19.3 Å². The topological polar surface area (TPSA) is 133 Å². The molecule has 4 aromatic heterocycles. The molecule has 1 aromatic carbocycles. The van der Waals surface area contributed by atoms with Crippen molar-refractivity contribution in [2.75, 3.05) is 10.6 Å². The van der Waals surface area contributed by atoms with Crippen molar-refractivity contribution in [2.45, 2.75) is 6.92 Å². The minimum atomic E-state index is -0.548. The van der Waals surface area contributed by atoms with Gasteiger partial charge in [0.25, 0.3) is 11.8 Å². The van der Waals surface area contributed by atoms with E-state index in [1.165, 1.54) is 35.4 Å². The van der Waals surface area contributed by atoms with Crippen LogP contribution < -0.4 is 10.6 Å². The molecule has 4 N–H and O–H groups in total. The molecule has 0 saturated carbocycles. The highest BCUT2D eigenvalue weighted by atomic mass is 19.1. The molecule has 0 aliphatic carbocycles. The molecule has 4 heterocycles. The number of aryl methyl sites for hydroxylation is 1. The molecule has 5 rings (SSSR count).